The molecule has 4 heteroatoms. The summed E-state index contributed by atoms with van der Waals surface area (Å²) in [5.41, 5.74) is 3.79. The third-order valence-corrected chi connectivity index (χ3v) is 6.46. The van der Waals surface area contributed by atoms with E-state index in [-0.39, 0.29) is 5.91 Å². The summed E-state index contributed by atoms with van der Waals surface area (Å²) >= 11 is 5.98. The number of likely N-dealkylation sites (tertiary alicyclic amines) is 1. The van der Waals surface area contributed by atoms with Crippen LogP contribution < -0.4 is 4.90 Å². The lowest BCUT2D eigenvalue weighted by atomic mass is 9.91. The fourth-order valence-electron chi connectivity index (χ4n) is 4.56. The number of carbonyl (C=O) groups is 1. The lowest BCUT2D eigenvalue weighted by Gasteiger charge is -2.33. The highest BCUT2D eigenvalue weighted by molar-refractivity contribution is 6.30. The van der Waals surface area contributed by atoms with Gasteiger partial charge in [-0.05, 0) is 80.4 Å². The monoisotopic (exact) mass is 396 g/mol. The Morgan fingerprint density at radius 2 is 1.71 bits per heavy atom. The molecule has 2 aromatic rings. The highest BCUT2D eigenvalue weighted by Crippen LogP contribution is 2.29. The van der Waals surface area contributed by atoms with Crippen LogP contribution in [0.3, 0.4) is 0 Å². The molecule has 2 aliphatic heterocycles. The van der Waals surface area contributed by atoms with Gasteiger partial charge in [0, 0.05) is 30.2 Å². The molecule has 0 N–H and O–H groups in total. The number of aryl methyl sites for hydroxylation is 1. The van der Waals surface area contributed by atoms with Crippen molar-refractivity contribution in [2.45, 2.75) is 45.1 Å². The molecule has 0 radical (unpaired) electrons. The topological polar surface area (TPSA) is 23.6 Å². The molecule has 3 nitrogen and oxygen atoms in total. The number of rotatable bonds is 6. The average Bonchev–Trinajstić information content (AvgIpc) is 2.72. The number of amides is 1. The van der Waals surface area contributed by atoms with Crippen LogP contribution >= 0.6 is 11.6 Å². The van der Waals surface area contributed by atoms with E-state index in [2.05, 4.69) is 35.2 Å². The first kappa shape index (κ1) is 19.5. The minimum absolute atomic E-state index is 0.288. The van der Waals surface area contributed by atoms with Gasteiger partial charge < -0.3 is 4.90 Å². The van der Waals surface area contributed by atoms with Gasteiger partial charge in [-0.3, -0.25) is 9.69 Å². The molecule has 1 amide bonds. The van der Waals surface area contributed by atoms with Crippen LogP contribution in [0.25, 0.3) is 0 Å². The first-order valence-corrected chi connectivity index (χ1v) is 10.9. The van der Waals surface area contributed by atoms with Crippen molar-refractivity contribution in [1.82, 2.24) is 4.90 Å². The van der Waals surface area contributed by atoms with Crippen LogP contribution in [-0.2, 0) is 17.8 Å². The maximum absolute atomic E-state index is 12.4. The molecular formula is C24H29ClN2O. The third-order valence-electron chi connectivity index (χ3n) is 6.21. The van der Waals surface area contributed by atoms with Crippen molar-refractivity contribution in [1.29, 1.82) is 0 Å². The molecule has 0 unspecified atom stereocenters. The summed E-state index contributed by atoms with van der Waals surface area (Å²) in [7, 11) is 0. The van der Waals surface area contributed by atoms with Gasteiger partial charge in [-0.25, -0.2) is 0 Å². The van der Waals surface area contributed by atoms with E-state index in [4.69, 9.17) is 11.6 Å². The third kappa shape index (κ3) is 4.76. The Morgan fingerprint density at radius 1 is 0.964 bits per heavy atom. The highest BCUT2D eigenvalue weighted by Gasteiger charge is 2.24. The number of hydrogen-bond donors (Lipinski definition) is 0. The van der Waals surface area contributed by atoms with E-state index in [0.29, 0.717) is 6.42 Å². The molecule has 2 aromatic carbocycles. The number of benzene rings is 2. The van der Waals surface area contributed by atoms with Crippen LogP contribution in [0.2, 0.25) is 5.02 Å². The number of para-hydroxylation sites is 1. The van der Waals surface area contributed by atoms with Gasteiger partial charge in [-0.15, -0.1) is 0 Å². The van der Waals surface area contributed by atoms with E-state index >= 15 is 0 Å². The molecule has 0 saturated carbocycles. The standard InChI is InChI=1S/C24H29ClN2O/c25-22-10-7-20(8-11-22)18-26-16-13-19(14-17-26)4-3-15-27-23-6-2-1-5-21(23)9-12-24(27)28/h1-2,5-8,10-11,19H,3-4,9,12-18H2. The van der Waals surface area contributed by atoms with Gasteiger partial charge >= 0.3 is 0 Å². The van der Waals surface area contributed by atoms with Gasteiger partial charge in [0.15, 0.2) is 0 Å². The largest absolute Gasteiger partial charge is 0.312 e. The van der Waals surface area contributed by atoms with E-state index in [1.54, 1.807) is 0 Å². The molecule has 0 atom stereocenters. The molecule has 0 bridgehead atoms. The van der Waals surface area contributed by atoms with Crippen molar-refractivity contribution in [3.05, 3.63) is 64.7 Å². The minimum atomic E-state index is 0.288. The molecule has 0 spiro atoms. The van der Waals surface area contributed by atoms with Crippen molar-refractivity contribution >= 4 is 23.2 Å². The summed E-state index contributed by atoms with van der Waals surface area (Å²) in [6, 6.07) is 16.6. The fraction of sp³-hybridized carbons (Fsp3) is 0.458. The van der Waals surface area contributed by atoms with Gasteiger partial charge in [0.2, 0.25) is 5.91 Å². The Hall–Kier alpha value is -1.84. The van der Waals surface area contributed by atoms with Crippen LogP contribution in [0, 0.1) is 5.92 Å². The molecule has 1 fully saturated rings. The maximum atomic E-state index is 12.4. The van der Waals surface area contributed by atoms with E-state index in [9.17, 15) is 4.79 Å². The minimum Gasteiger partial charge on any atom is -0.312 e. The second kappa shape index (κ2) is 9.11. The van der Waals surface area contributed by atoms with Gasteiger partial charge in [-0.1, -0.05) is 41.9 Å². The molecule has 0 aromatic heterocycles. The highest BCUT2D eigenvalue weighted by atomic mass is 35.5. The second-order valence-electron chi connectivity index (χ2n) is 8.16. The van der Waals surface area contributed by atoms with Crippen LogP contribution in [-0.4, -0.2) is 30.4 Å². The number of fused-ring (bicyclic) bond motifs is 1. The van der Waals surface area contributed by atoms with E-state index in [0.717, 1.165) is 42.6 Å². The lowest BCUT2D eigenvalue weighted by molar-refractivity contribution is -0.118. The van der Waals surface area contributed by atoms with Gasteiger partial charge in [0.05, 0.1) is 0 Å². The molecule has 28 heavy (non-hydrogen) atoms. The van der Waals surface area contributed by atoms with E-state index < -0.39 is 0 Å². The molecule has 2 heterocycles. The smallest absolute Gasteiger partial charge is 0.227 e. The Bertz CT molecular complexity index is 797. The average molecular weight is 397 g/mol. The molecule has 0 aliphatic carbocycles. The molecule has 2 aliphatic rings. The van der Waals surface area contributed by atoms with Gasteiger partial charge in [0.1, 0.15) is 0 Å². The number of carbonyl (C=O) groups excluding carboxylic acids is 1. The van der Waals surface area contributed by atoms with Crippen molar-refractivity contribution in [2.24, 2.45) is 5.92 Å². The zero-order valence-electron chi connectivity index (χ0n) is 16.4. The van der Waals surface area contributed by atoms with Crippen LogP contribution in [0.5, 0.6) is 0 Å². The Morgan fingerprint density at radius 3 is 2.50 bits per heavy atom. The molecule has 148 valence electrons. The summed E-state index contributed by atoms with van der Waals surface area (Å²) in [6.45, 7) is 4.21. The number of hydrogen-bond acceptors (Lipinski definition) is 2. The SMILES string of the molecule is O=C1CCc2ccccc2N1CCCC1CCN(Cc2ccc(Cl)cc2)CC1. The summed E-state index contributed by atoms with van der Waals surface area (Å²) < 4.78 is 0. The van der Waals surface area contributed by atoms with Crippen LogP contribution in [0.1, 0.15) is 43.2 Å². The van der Waals surface area contributed by atoms with Crippen molar-refractivity contribution in [3.8, 4) is 0 Å². The van der Waals surface area contributed by atoms with Crippen molar-refractivity contribution in [2.75, 3.05) is 24.5 Å². The maximum Gasteiger partial charge on any atom is 0.227 e. The zero-order chi connectivity index (χ0) is 19.3. The first-order chi connectivity index (χ1) is 13.7. The molecular weight excluding hydrogens is 368 g/mol. The fourth-order valence-corrected chi connectivity index (χ4v) is 4.69. The Labute approximate surface area is 173 Å². The number of nitrogens with zero attached hydrogens (tertiary/aromatic N) is 2. The Balaban J connectivity index is 1.22. The normalized spacial score (nSPS) is 18.3. The van der Waals surface area contributed by atoms with Crippen molar-refractivity contribution in [3.63, 3.8) is 0 Å². The van der Waals surface area contributed by atoms with E-state index in [1.165, 1.54) is 43.5 Å². The summed E-state index contributed by atoms with van der Waals surface area (Å²) in [5.74, 6) is 1.08. The van der Waals surface area contributed by atoms with Gasteiger partial charge in [0.25, 0.3) is 0 Å². The number of halogens is 1. The molecule has 4 rings (SSSR count). The molecule has 1 saturated heterocycles. The second-order valence-corrected chi connectivity index (χ2v) is 8.60. The first-order valence-electron chi connectivity index (χ1n) is 10.5. The summed E-state index contributed by atoms with van der Waals surface area (Å²) in [4.78, 5) is 17.0. The predicted octanol–water partition coefficient (Wildman–Crippen LogP) is 5.31. The predicted molar refractivity (Wildman–Crippen MR) is 116 cm³/mol. The van der Waals surface area contributed by atoms with Crippen LogP contribution in [0.15, 0.2) is 48.5 Å². The number of piperidine rings is 1. The van der Waals surface area contributed by atoms with Gasteiger partial charge in [-0.2, -0.15) is 0 Å². The Kier molecular flexibility index (Phi) is 6.33. The number of anilines is 1. The van der Waals surface area contributed by atoms with E-state index in [1.807, 2.05) is 23.1 Å². The lowest BCUT2D eigenvalue weighted by Crippen LogP contribution is -2.36. The summed E-state index contributed by atoms with van der Waals surface area (Å²) in [5, 5.41) is 0.803. The zero-order valence-corrected chi connectivity index (χ0v) is 17.2. The summed E-state index contributed by atoms with van der Waals surface area (Å²) in [6.07, 6.45) is 6.39. The van der Waals surface area contributed by atoms with Crippen molar-refractivity contribution < 1.29 is 4.79 Å². The van der Waals surface area contributed by atoms with Crippen LogP contribution in [0.4, 0.5) is 5.69 Å². The quantitative estimate of drug-likeness (QED) is 0.660.